The highest BCUT2D eigenvalue weighted by atomic mass is 35.5. The van der Waals surface area contributed by atoms with Crippen LogP contribution in [0.5, 0.6) is 0 Å². The molecule has 4 rings (SSSR count). The second-order valence-corrected chi connectivity index (χ2v) is 7.41. The summed E-state index contributed by atoms with van der Waals surface area (Å²) in [4.78, 5) is 42.7. The first-order valence-electron chi connectivity index (χ1n) is 8.50. The van der Waals surface area contributed by atoms with E-state index in [-0.39, 0.29) is 6.04 Å². The normalized spacial score (nSPS) is 31.9. The van der Waals surface area contributed by atoms with Gasteiger partial charge in [-0.3, -0.25) is 24.8 Å². The number of hydrogen-bond donors (Lipinski definition) is 1. The van der Waals surface area contributed by atoms with E-state index in [2.05, 4.69) is 10.3 Å². The average molecular weight is 360 g/mol. The van der Waals surface area contributed by atoms with E-state index < -0.39 is 23.8 Å². The highest BCUT2D eigenvalue weighted by Gasteiger charge is 2.50. The van der Waals surface area contributed by atoms with Crippen LogP contribution in [-0.4, -0.2) is 35.0 Å². The fraction of sp³-hybridized carbons (Fsp3) is 0.444. The summed E-state index contributed by atoms with van der Waals surface area (Å²) in [5.74, 6) is -1.21. The summed E-state index contributed by atoms with van der Waals surface area (Å²) in [5.41, 5.74) is 0.591. The second kappa shape index (κ2) is 6.26. The first-order chi connectivity index (χ1) is 12.0. The molecule has 2 aliphatic carbocycles. The van der Waals surface area contributed by atoms with E-state index in [9.17, 15) is 14.4 Å². The number of halogens is 1. The van der Waals surface area contributed by atoms with Crippen molar-refractivity contribution in [2.45, 2.75) is 31.7 Å². The van der Waals surface area contributed by atoms with Gasteiger partial charge in [-0.25, -0.2) is 4.79 Å². The van der Waals surface area contributed by atoms with E-state index in [4.69, 9.17) is 11.6 Å². The van der Waals surface area contributed by atoms with Crippen molar-refractivity contribution < 1.29 is 14.4 Å². The van der Waals surface area contributed by atoms with Gasteiger partial charge in [0.15, 0.2) is 5.92 Å². The SMILES string of the molecule is O=C1NC(=O)N([C@@H]2C[C@H]3CC[C@H]2C3)C(=O)[C@@H]1C=Nc1ccc(Cl)cc1. The first-order valence-corrected chi connectivity index (χ1v) is 8.88. The van der Waals surface area contributed by atoms with E-state index in [0.717, 1.165) is 19.3 Å². The Morgan fingerprint density at radius 3 is 2.52 bits per heavy atom. The summed E-state index contributed by atoms with van der Waals surface area (Å²) in [5, 5.41) is 2.89. The molecule has 0 spiro atoms. The summed E-state index contributed by atoms with van der Waals surface area (Å²) in [6.07, 6.45) is 5.45. The number of urea groups is 1. The van der Waals surface area contributed by atoms with Gasteiger partial charge in [-0.1, -0.05) is 18.0 Å². The Kier molecular flexibility index (Phi) is 4.07. The molecule has 4 amide bonds. The topological polar surface area (TPSA) is 78.8 Å². The largest absolute Gasteiger partial charge is 0.331 e. The number of nitrogens with one attached hydrogen (secondary N) is 1. The van der Waals surface area contributed by atoms with Crippen molar-refractivity contribution in [3.63, 3.8) is 0 Å². The number of imide groups is 2. The molecule has 1 N–H and O–H groups in total. The van der Waals surface area contributed by atoms with Crippen LogP contribution in [0.4, 0.5) is 10.5 Å². The number of hydrogen-bond acceptors (Lipinski definition) is 4. The van der Waals surface area contributed by atoms with Crippen LogP contribution in [0.3, 0.4) is 0 Å². The smallest absolute Gasteiger partial charge is 0.277 e. The van der Waals surface area contributed by atoms with Gasteiger partial charge >= 0.3 is 6.03 Å². The van der Waals surface area contributed by atoms with Crippen molar-refractivity contribution in [1.82, 2.24) is 10.2 Å². The van der Waals surface area contributed by atoms with E-state index in [1.165, 1.54) is 17.5 Å². The summed E-state index contributed by atoms with van der Waals surface area (Å²) in [6.45, 7) is 0. The Morgan fingerprint density at radius 1 is 1.12 bits per heavy atom. The molecule has 3 aliphatic rings. The molecule has 0 radical (unpaired) electrons. The molecule has 1 saturated heterocycles. The molecule has 1 aromatic carbocycles. The minimum Gasteiger partial charge on any atom is -0.277 e. The number of benzene rings is 1. The number of barbiturate groups is 1. The molecule has 1 aliphatic heterocycles. The number of carbonyl (C=O) groups is 3. The maximum Gasteiger partial charge on any atom is 0.331 e. The molecule has 4 atom stereocenters. The molecule has 25 heavy (non-hydrogen) atoms. The monoisotopic (exact) mass is 359 g/mol. The zero-order valence-electron chi connectivity index (χ0n) is 13.5. The number of amides is 4. The third-order valence-electron chi connectivity index (χ3n) is 5.47. The predicted octanol–water partition coefficient (Wildman–Crippen LogP) is 2.93. The number of rotatable bonds is 3. The van der Waals surface area contributed by atoms with Gasteiger partial charge in [0.25, 0.3) is 0 Å². The lowest BCUT2D eigenvalue weighted by atomic mass is 9.92. The number of carbonyl (C=O) groups excluding carboxylic acids is 3. The summed E-state index contributed by atoms with van der Waals surface area (Å²) in [6, 6.07) is 6.07. The predicted molar refractivity (Wildman–Crippen MR) is 92.7 cm³/mol. The van der Waals surface area contributed by atoms with Crippen LogP contribution in [0, 0.1) is 17.8 Å². The Labute approximate surface area is 150 Å². The molecule has 130 valence electrons. The van der Waals surface area contributed by atoms with Crippen LogP contribution in [-0.2, 0) is 9.59 Å². The van der Waals surface area contributed by atoms with Gasteiger partial charge in [-0.2, -0.15) is 0 Å². The van der Waals surface area contributed by atoms with Crippen LogP contribution in [0.25, 0.3) is 0 Å². The van der Waals surface area contributed by atoms with Crippen molar-refractivity contribution in [1.29, 1.82) is 0 Å². The number of fused-ring (bicyclic) bond motifs is 2. The van der Waals surface area contributed by atoms with Gasteiger partial charge in [0, 0.05) is 17.3 Å². The van der Waals surface area contributed by atoms with E-state index in [1.807, 2.05) is 0 Å². The molecule has 0 aromatic heterocycles. The molecule has 2 bridgehead atoms. The molecule has 0 unspecified atom stereocenters. The summed E-state index contributed by atoms with van der Waals surface area (Å²) >= 11 is 5.83. The molecular weight excluding hydrogens is 342 g/mol. The molecule has 7 heteroatoms. The number of nitrogens with zero attached hydrogens (tertiary/aromatic N) is 2. The fourth-order valence-electron chi connectivity index (χ4n) is 4.27. The maximum absolute atomic E-state index is 12.8. The fourth-order valence-corrected chi connectivity index (χ4v) is 4.39. The van der Waals surface area contributed by atoms with E-state index in [0.29, 0.717) is 22.5 Å². The molecule has 1 heterocycles. The minimum absolute atomic E-state index is 0.0919. The lowest BCUT2D eigenvalue weighted by Crippen LogP contribution is -2.62. The van der Waals surface area contributed by atoms with Crippen LogP contribution >= 0.6 is 11.6 Å². The summed E-state index contributed by atoms with van der Waals surface area (Å²) < 4.78 is 0. The van der Waals surface area contributed by atoms with E-state index in [1.54, 1.807) is 24.3 Å². The van der Waals surface area contributed by atoms with Gasteiger partial charge in [-0.15, -0.1) is 0 Å². The van der Waals surface area contributed by atoms with Gasteiger partial charge < -0.3 is 0 Å². The maximum atomic E-state index is 12.8. The van der Waals surface area contributed by atoms with Crippen molar-refractivity contribution in [3.8, 4) is 0 Å². The first kappa shape index (κ1) is 16.3. The van der Waals surface area contributed by atoms with Crippen LogP contribution < -0.4 is 5.32 Å². The van der Waals surface area contributed by atoms with Crippen LogP contribution in [0.1, 0.15) is 25.7 Å². The molecule has 6 nitrogen and oxygen atoms in total. The van der Waals surface area contributed by atoms with Gasteiger partial charge in [-0.05, 0) is 55.4 Å². The third-order valence-corrected chi connectivity index (χ3v) is 5.72. The minimum atomic E-state index is -1.08. The Balaban J connectivity index is 1.55. The molecule has 2 saturated carbocycles. The Morgan fingerprint density at radius 2 is 1.88 bits per heavy atom. The van der Waals surface area contributed by atoms with Crippen molar-refractivity contribution in [2.75, 3.05) is 0 Å². The highest BCUT2D eigenvalue weighted by Crippen LogP contribution is 2.47. The van der Waals surface area contributed by atoms with Gasteiger partial charge in [0.2, 0.25) is 11.8 Å². The standard InChI is InChI=1S/C18H18ClN3O3/c19-12-3-5-13(6-4-12)20-9-14-16(23)21-18(25)22(17(14)24)15-8-10-1-2-11(15)7-10/h3-6,9-11,14-15H,1-2,7-8H2,(H,21,23,25)/t10-,11-,14+,15+/m0/s1. The Hall–Kier alpha value is -2.21. The van der Waals surface area contributed by atoms with Crippen molar-refractivity contribution >= 4 is 41.3 Å². The van der Waals surface area contributed by atoms with E-state index >= 15 is 0 Å². The summed E-state index contributed by atoms with van der Waals surface area (Å²) in [7, 11) is 0. The second-order valence-electron chi connectivity index (χ2n) is 6.98. The zero-order chi connectivity index (χ0) is 17.6. The number of aliphatic imine (C=N–C) groups is 1. The average Bonchev–Trinajstić information content (AvgIpc) is 3.19. The zero-order valence-corrected chi connectivity index (χ0v) is 14.3. The van der Waals surface area contributed by atoms with Gasteiger partial charge in [0.1, 0.15) is 0 Å². The quantitative estimate of drug-likeness (QED) is 0.665. The van der Waals surface area contributed by atoms with Gasteiger partial charge in [0.05, 0.1) is 5.69 Å². The lowest BCUT2D eigenvalue weighted by Gasteiger charge is -2.36. The molecule has 3 fully saturated rings. The van der Waals surface area contributed by atoms with Crippen molar-refractivity contribution in [3.05, 3.63) is 29.3 Å². The van der Waals surface area contributed by atoms with Crippen LogP contribution in [0.2, 0.25) is 5.02 Å². The van der Waals surface area contributed by atoms with Crippen LogP contribution in [0.15, 0.2) is 29.3 Å². The Bertz CT molecular complexity index is 761. The highest BCUT2D eigenvalue weighted by molar-refractivity contribution is 6.30. The molecular formula is C18H18ClN3O3. The third kappa shape index (κ3) is 2.95. The lowest BCUT2D eigenvalue weighted by molar-refractivity contribution is -0.141. The molecule has 1 aromatic rings. The van der Waals surface area contributed by atoms with Crippen molar-refractivity contribution in [2.24, 2.45) is 22.7 Å².